The zero-order valence-corrected chi connectivity index (χ0v) is 11.8. The van der Waals surface area contributed by atoms with Crippen LogP contribution in [0.25, 0.3) is 11.1 Å². The Kier molecular flexibility index (Phi) is 4.33. The van der Waals surface area contributed by atoms with E-state index < -0.39 is 0 Å². The summed E-state index contributed by atoms with van der Waals surface area (Å²) in [7, 11) is 0. The van der Waals surface area contributed by atoms with Gasteiger partial charge >= 0.3 is 0 Å². The molecule has 1 radical (unpaired) electrons. The molecule has 0 aromatic heterocycles. The summed E-state index contributed by atoms with van der Waals surface area (Å²) in [6, 6.07) is 29.7. The molecule has 0 N–H and O–H groups in total. The minimum absolute atomic E-state index is 0.657. The largest absolute Gasteiger partial charge is 0.493 e. The van der Waals surface area contributed by atoms with Crippen LogP contribution in [0, 0.1) is 6.07 Å². The van der Waals surface area contributed by atoms with Crippen molar-refractivity contribution in [2.24, 2.45) is 0 Å². The average molecular weight is 273 g/mol. The van der Waals surface area contributed by atoms with Crippen LogP contribution in [0.1, 0.15) is 5.56 Å². The van der Waals surface area contributed by atoms with Gasteiger partial charge in [0.25, 0.3) is 0 Å². The maximum absolute atomic E-state index is 5.75. The number of ether oxygens (including phenoxy) is 1. The van der Waals surface area contributed by atoms with Crippen LogP contribution in [0.15, 0.2) is 78.9 Å². The van der Waals surface area contributed by atoms with Gasteiger partial charge in [0.05, 0.1) is 6.61 Å². The lowest BCUT2D eigenvalue weighted by Gasteiger charge is -2.10. The van der Waals surface area contributed by atoms with Crippen molar-refractivity contribution in [2.45, 2.75) is 6.42 Å². The van der Waals surface area contributed by atoms with Crippen molar-refractivity contribution in [2.75, 3.05) is 6.61 Å². The predicted molar refractivity (Wildman–Crippen MR) is 86.4 cm³/mol. The first-order valence-electron chi connectivity index (χ1n) is 7.16. The van der Waals surface area contributed by atoms with Gasteiger partial charge in [-0.2, -0.15) is 0 Å². The summed E-state index contributed by atoms with van der Waals surface area (Å²) < 4.78 is 5.75. The Labute approximate surface area is 125 Å². The second-order valence-corrected chi connectivity index (χ2v) is 4.85. The van der Waals surface area contributed by atoms with Gasteiger partial charge in [-0.25, -0.2) is 0 Å². The summed E-state index contributed by atoms with van der Waals surface area (Å²) in [5, 5.41) is 0. The molecular formula is C20H17O. The fourth-order valence-electron chi connectivity index (χ4n) is 2.38. The molecule has 3 rings (SSSR count). The zero-order valence-electron chi connectivity index (χ0n) is 11.8. The first-order valence-corrected chi connectivity index (χ1v) is 7.16. The topological polar surface area (TPSA) is 9.23 Å². The van der Waals surface area contributed by atoms with Crippen LogP contribution in [0.3, 0.4) is 0 Å². The Hall–Kier alpha value is -2.54. The molecule has 0 bridgehead atoms. The number of para-hydroxylation sites is 1. The summed E-state index contributed by atoms with van der Waals surface area (Å²) in [4.78, 5) is 0. The fourth-order valence-corrected chi connectivity index (χ4v) is 2.38. The van der Waals surface area contributed by atoms with E-state index in [1.165, 1.54) is 16.7 Å². The van der Waals surface area contributed by atoms with E-state index in [1.807, 2.05) is 30.3 Å². The third-order valence-electron chi connectivity index (χ3n) is 3.41. The van der Waals surface area contributed by atoms with E-state index in [1.54, 1.807) is 0 Å². The molecule has 0 amide bonds. The van der Waals surface area contributed by atoms with Crippen LogP contribution < -0.4 is 4.74 Å². The molecule has 0 saturated heterocycles. The molecular weight excluding hydrogens is 256 g/mol. The van der Waals surface area contributed by atoms with Crippen molar-refractivity contribution < 1.29 is 4.74 Å². The lowest BCUT2D eigenvalue weighted by Crippen LogP contribution is -2.02. The minimum atomic E-state index is 0.657. The summed E-state index contributed by atoms with van der Waals surface area (Å²) in [6.07, 6.45) is 0.883. The van der Waals surface area contributed by atoms with Crippen LogP contribution in [-0.4, -0.2) is 6.61 Å². The van der Waals surface area contributed by atoms with Gasteiger partial charge < -0.3 is 4.74 Å². The van der Waals surface area contributed by atoms with Crippen LogP contribution in [0.2, 0.25) is 0 Å². The van der Waals surface area contributed by atoms with Crippen LogP contribution in [-0.2, 0) is 6.42 Å². The number of hydrogen-bond acceptors (Lipinski definition) is 1. The number of benzene rings is 3. The van der Waals surface area contributed by atoms with E-state index in [4.69, 9.17) is 4.74 Å². The highest BCUT2D eigenvalue weighted by atomic mass is 16.5. The molecule has 0 aliphatic heterocycles. The van der Waals surface area contributed by atoms with Gasteiger partial charge in [0, 0.05) is 12.5 Å². The molecule has 0 aliphatic carbocycles. The Morgan fingerprint density at radius 1 is 0.762 bits per heavy atom. The summed E-state index contributed by atoms with van der Waals surface area (Å²) in [5.74, 6) is 0.801. The maximum Gasteiger partial charge on any atom is 0.127 e. The standard InChI is InChI=1S/C20H17O/c1-3-9-17(10-4-1)20-14-8-7-11-18(20)15-16-21-19-12-5-2-6-13-19/h1-12,14H,15-16H2. The Bertz CT molecular complexity index is 674. The second-order valence-electron chi connectivity index (χ2n) is 4.85. The predicted octanol–water partition coefficient (Wildman–Crippen LogP) is 4.78. The van der Waals surface area contributed by atoms with Crippen LogP contribution in [0.5, 0.6) is 5.75 Å². The normalized spacial score (nSPS) is 10.3. The lowest BCUT2D eigenvalue weighted by molar-refractivity contribution is 0.321. The third-order valence-corrected chi connectivity index (χ3v) is 3.41. The van der Waals surface area contributed by atoms with Crippen molar-refractivity contribution in [3.8, 4) is 16.9 Å². The molecule has 103 valence electrons. The van der Waals surface area contributed by atoms with Crippen molar-refractivity contribution in [3.05, 3.63) is 90.5 Å². The summed E-state index contributed by atoms with van der Waals surface area (Å²) in [6.45, 7) is 0.657. The Morgan fingerprint density at radius 2 is 1.52 bits per heavy atom. The van der Waals surface area contributed by atoms with E-state index >= 15 is 0 Å². The van der Waals surface area contributed by atoms with Gasteiger partial charge in [0.1, 0.15) is 5.75 Å². The first kappa shape index (κ1) is 13.4. The number of hydrogen-bond donors (Lipinski definition) is 0. The molecule has 0 unspecified atom stereocenters. The van der Waals surface area contributed by atoms with Gasteiger partial charge in [0.15, 0.2) is 0 Å². The molecule has 1 heteroatoms. The van der Waals surface area contributed by atoms with E-state index in [9.17, 15) is 0 Å². The minimum Gasteiger partial charge on any atom is -0.493 e. The van der Waals surface area contributed by atoms with Crippen molar-refractivity contribution >= 4 is 0 Å². The SMILES string of the molecule is [c]1ccccc1OCCc1ccccc1-c1ccccc1. The molecule has 0 atom stereocenters. The van der Waals surface area contributed by atoms with Gasteiger partial charge in [-0.3, -0.25) is 0 Å². The van der Waals surface area contributed by atoms with Crippen molar-refractivity contribution in [1.82, 2.24) is 0 Å². The molecule has 0 heterocycles. The fraction of sp³-hybridized carbons (Fsp3) is 0.100. The van der Waals surface area contributed by atoms with E-state index in [-0.39, 0.29) is 0 Å². The van der Waals surface area contributed by atoms with Crippen LogP contribution in [0.4, 0.5) is 0 Å². The van der Waals surface area contributed by atoms with E-state index in [0.29, 0.717) is 6.61 Å². The molecule has 0 spiro atoms. The van der Waals surface area contributed by atoms with E-state index in [0.717, 1.165) is 12.2 Å². The molecule has 0 saturated carbocycles. The summed E-state index contributed by atoms with van der Waals surface area (Å²) >= 11 is 0. The highest BCUT2D eigenvalue weighted by Crippen LogP contribution is 2.23. The molecule has 0 aliphatic rings. The van der Waals surface area contributed by atoms with Gasteiger partial charge in [-0.15, -0.1) is 0 Å². The molecule has 3 aromatic rings. The smallest absolute Gasteiger partial charge is 0.127 e. The van der Waals surface area contributed by atoms with Gasteiger partial charge in [0.2, 0.25) is 0 Å². The Balaban J connectivity index is 1.71. The zero-order chi connectivity index (χ0) is 14.3. The molecule has 21 heavy (non-hydrogen) atoms. The van der Waals surface area contributed by atoms with Gasteiger partial charge in [-0.05, 0) is 22.8 Å². The molecule has 1 nitrogen and oxygen atoms in total. The quantitative estimate of drug-likeness (QED) is 0.650. The second kappa shape index (κ2) is 6.76. The van der Waals surface area contributed by atoms with Gasteiger partial charge in [-0.1, -0.05) is 72.8 Å². The van der Waals surface area contributed by atoms with Crippen molar-refractivity contribution in [1.29, 1.82) is 0 Å². The highest BCUT2D eigenvalue weighted by molar-refractivity contribution is 5.67. The molecule has 0 fully saturated rings. The highest BCUT2D eigenvalue weighted by Gasteiger charge is 2.04. The lowest BCUT2D eigenvalue weighted by atomic mass is 9.98. The Morgan fingerprint density at radius 3 is 2.33 bits per heavy atom. The average Bonchev–Trinajstić information content (AvgIpc) is 2.57. The monoisotopic (exact) mass is 273 g/mol. The molecule has 3 aromatic carbocycles. The van der Waals surface area contributed by atoms with E-state index in [2.05, 4.69) is 54.6 Å². The number of rotatable bonds is 5. The first-order chi connectivity index (χ1) is 10.4. The maximum atomic E-state index is 5.75. The summed E-state index contributed by atoms with van der Waals surface area (Å²) in [5.41, 5.74) is 3.83. The van der Waals surface area contributed by atoms with Crippen LogP contribution >= 0.6 is 0 Å². The third kappa shape index (κ3) is 3.51. The van der Waals surface area contributed by atoms with Crippen molar-refractivity contribution in [3.63, 3.8) is 0 Å².